The fraction of sp³-hybridized carbons (Fsp3) is 0.389. The lowest BCUT2D eigenvalue weighted by atomic mass is 10.2. The summed E-state index contributed by atoms with van der Waals surface area (Å²) >= 11 is 0. The van der Waals surface area contributed by atoms with Gasteiger partial charge in [-0.25, -0.2) is 14.2 Å². The minimum absolute atomic E-state index is 0.0674. The van der Waals surface area contributed by atoms with E-state index in [1.54, 1.807) is 14.1 Å². The Balaban J connectivity index is 2.17. The summed E-state index contributed by atoms with van der Waals surface area (Å²) in [7, 11) is 3.09. The van der Waals surface area contributed by atoms with Crippen LogP contribution in [0.3, 0.4) is 0 Å². The molecule has 1 aromatic rings. The Labute approximate surface area is 156 Å². The molecule has 9 heteroatoms. The van der Waals surface area contributed by atoms with Gasteiger partial charge in [0.25, 0.3) is 11.8 Å². The highest BCUT2D eigenvalue weighted by molar-refractivity contribution is 5.97. The molecule has 1 aliphatic rings. The van der Waals surface area contributed by atoms with Gasteiger partial charge in [-0.3, -0.25) is 14.4 Å². The van der Waals surface area contributed by atoms with E-state index in [0.717, 1.165) is 11.1 Å². The fourth-order valence-corrected chi connectivity index (χ4v) is 2.08. The van der Waals surface area contributed by atoms with E-state index in [1.807, 2.05) is 0 Å². The number of hydrogen-bond acceptors (Lipinski definition) is 6. The molecule has 0 aliphatic carbocycles. The van der Waals surface area contributed by atoms with Crippen LogP contribution in [0.1, 0.15) is 19.4 Å². The van der Waals surface area contributed by atoms with E-state index in [9.17, 15) is 18.8 Å². The summed E-state index contributed by atoms with van der Waals surface area (Å²) in [5.74, 6) is -3.73. The topological polar surface area (TPSA) is 85.4 Å². The molecule has 1 saturated heterocycles. The molecule has 0 unspecified atom stereocenters. The zero-order chi connectivity index (χ0) is 20.2. The van der Waals surface area contributed by atoms with Crippen molar-refractivity contribution in [3.05, 3.63) is 47.5 Å². The molecule has 0 N–H and O–H groups in total. The predicted molar refractivity (Wildman–Crippen MR) is 90.9 cm³/mol. The number of benzene rings is 1. The number of ether oxygens (including phenoxy) is 2. The maximum Gasteiger partial charge on any atom is 0.377 e. The molecule has 27 heavy (non-hydrogen) atoms. The maximum atomic E-state index is 13.1. The van der Waals surface area contributed by atoms with Gasteiger partial charge in [-0.2, -0.15) is 0 Å². The molecule has 1 aromatic carbocycles. The normalized spacial score (nSPS) is 16.6. The van der Waals surface area contributed by atoms with Crippen molar-refractivity contribution in [1.82, 2.24) is 9.96 Å². The van der Waals surface area contributed by atoms with Gasteiger partial charge in [0, 0.05) is 27.9 Å². The van der Waals surface area contributed by atoms with Crippen molar-refractivity contribution in [2.24, 2.45) is 0 Å². The predicted octanol–water partition coefficient (Wildman–Crippen LogP) is 1.37. The van der Waals surface area contributed by atoms with Crippen LogP contribution in [0, 0.1) is 5.82 Å². The quantitative estimate of drug-likeness (QED) is 0.421. The van der Waals surface area contributed by atoms with Crippen LogP contribution in [0.2, 0.25) is 0 Å². The minimum atomic E-state index is -1.17. The Bertz CT molecular complexity index is 758. The van der Waals surface area contributed by atoms with Crippen molar-refractivity contribution in [2.75, 3.05) is 20.7 Å². The Morgan fingerprint density at radius 1 is 1.19 bits per heavy atom. The van der Waals surface area contributed by atoms with Gasteiger partial charge in [-0.15, -0.1) is 0 Å². The zero-order valence-electron chi connectivity index (χ0n) is 15.5. The van der Waals surface area contributed by atoms with Gasteiger partial charge >= 0.3 is 5.97 Å². The van der Waals surface area contributed by atoms with Crippen LogP contribution < -0.4 is 0 Å². The van der Waals surface area contributed by atoms with Gasteiger partial charge in [0.1, 0.15) is 5.82 Å². The van der Waals surface area contributed by atoms with Crippen LogP contribution in [0.4, 0.5) is 4.39 Å². The lowest BCUT2D eigenvalue weighted by Crippen LogP contribution is -2.35. The summed E-state index contributed by atoms with van der Waals surface area (Å²) < 4.78 is 23.3. The maximum absolute atomic E-state index is 13.1. The molecule has 1 fully saturated rings. The van der Waals surface area contributed by atoms with Crippen molar-refractivity contribution in [3.63, 3.8) is 0 Å². The summed E-state index contributed by atoms with van der Waals surface area (Å²) in [5, 5.41) is 0.892. The summed E-state index contributed by atoms with van der Waals surface area (Å²) in [6, 6.07) is 5.43. The SMILES string of the molecule is CN(C)C(=O)CON(Cc1ccc(F)cc1)C(=O)/C=C1/OC(C)(C)OC1=O. The number of likely N-dealkylation sites (N-methyl/N-ethyl adjacent to an activating group) is 1. The van der Waals surface area contributed by atoms with Crippen molar-refractivity contribution >= 4 is 17.8 Å². The number of halogens is 1. The first-order valence-electron chi connectivity index (χ1n) is 8.10. The van der Waals surface area contributed by atoms with Gasteiger partial charge in [-0.1, -0.05) is 12.1 Å². The van der Waals surface area contributed by atoms with Crippen LogP contribution in [0.15, 0.2) is 36.1 Å². The second-order valence-corrected chi connectivity index (χ2v) is 6.46. The Hall–Kier alpha value is -2.94. The highest BCUT2D eigenvalue weighted by Crippen LogP contribution is 2.26. The zero-order valence-corrected chi connectivity index (χ0v) is 15.5. The molecule has 0 saturated carbocycles. The number of amides is 2. The Morgan fingerprint density at radius 3 is 2.33 bits per heavy atom. The van der Waals surface area contributed by atoms with Crippen molar-refractivity contribution in [2.45, 2.75) is 26.2 Å². The molecule has 2 rings (SSSR count). The largest absolute Gasteiger partial charge is 0.445 e. The van der Waals surface area contributed by atoms with E-state index in [1.165, 1.54) is 43.0 Å². The molecule has 0 bridgehead atoms. The van der Waals surface area contributed by atoms with Crippen molar-refractivity contribution in [3.8, 4) is 0 Å². The molecular weight excluding hydrogens is 359 g/mol. The number of cyclic esters (lactones) is 1. The fourth-order valence-electron chi connectivity index (χ4n) is 2.08. The van der Waals surface area contributed by atoms with Gasteiger partial charge < -0.3 is 14.4 Å². The monoisotopic (exact) mass is 380 g/mol. The van der Waals surface area contributed by atoms with E-state index >= 15 is 0 Å². The number of carbonyl (C=O) groups is 3. The molecule has 2 amide bonds. The van der Waals surface area contributed by atoms with Gasteiger partial charge in [0.15, 0.2) is 6.61 Å². The molecule has 146 valence electrons. The molecule has 0 aromatic heterocycles. The highest BCUT2D eigenvalue weighted by Gasteiger charge is 2.38. The number of nitrogens with zero attached hydrogens (tertiary/aromatic N) is 2. The first-order valence-corrected chi connectivity index (χ1v) is 8.10. The Morgan fingerprint density at radius 2 is 1.81 bits per heavy atom. The number of rotatable bonds is 6. The lowest BCUT2D eigenvalue weighted by molar-refractivity contribution is -0.189. The first kappa shape index (κ1) is 20.4. The average molecular weight is 380 g/mol. The molecule has 1 heterocycles. The van der Waals surface area contributed by atoms with Gasteiger partial charge in [0.05, 0.1) is 12.6 Å². The van der Waals surface area contributed by atoms with Crippen molar-refractivity contribution in [1.29, 1.82) is 0 Å². The third-order valence-electron chi connectivity index (χ3n) is 3.48. The third-order valence-corrected chi connectivity index (χ3v) is 3.48. The van der Waals surface area contributed by atoms with Gasteiger partial charge in [-0.05, 0) is 17.7 Å². The molecule has 0 spiro atoms. The molecule has 0 atom stereocenters. The highest BCUT2D eigenvalue weighted by atomic mass is 19.1. The minimum Gasteiger partial charge on any atom is -0.445 e. The number of carbonyl (C=O) groups excluding carboxylic acids is 3. The molecule has 1 aliphatic heterocycles. The number of hydrogen-bond donors (Lipinski definition) is 0. The summed E-state index contributed by atoms with van der Waals surface area (Å²) in [5.41, 5.74) is 0.565. The summed E-state index contributed by atoms with van der Waals surface area (Å²) in [6.07, 6.45) is 0.931. The van der Waals surface area contributed by atoms with Crippen LogP contribution in [-0.2, 0) is 35.2 Å². The van der Waals surface area contributed by atoms with Gasteiger partial charge in [0.2, 0.25) is 11.5 Å². The Kier molecular flexibility index (Phi) is 6.17. The summed E-state index contributed by atoms with van der Waals surface area (Å²) in [4.78, 5) is 42.7. The third kappa shape index (κ3) is 5.78. The van der Waals surface area contributed by atoms with Crippen LogP contribution in [-0.4, -0.2) is 54.2 Å². The molecule has 8 nitrogen and oxygen atoms in total. The smallest absolute Gasteiger partial charge is 0.377 e. The molecular formula is C18H21FN2O6. The second kappa shape index (κ2) is 8.17. The van der Waals surface area contributed by atoms with E-state index < -0.39 is 23.5 Å². The first-order chi connectivity index (χ1) is 12.6. The van der Waals surface area contributed by atoms with E-state index in [2.05, 4.69) is 0 Å². The van der Waals surface area contributed by atoms with E-state index in [0.29, 0.717) is 5.56 Å². The average Bonchev–Trinajstić information content (AvgIpc) is 2.84. The number of hydroxylamine groups is 2. The standard InChI is InChI=1S/C18H21FN2O6/c1-18(2)26-14(17(24)27-18)9-15(22)21(25-11-16(23)20(3)4)10-12-5-7-13(19)8-6-12/h5-9H,10-11H2,1-4H3/b14-9+. The lowest BCUT2D eigenvalue weighted by Gasteiger charge is -2.21. The van der Waals surface area contributed by atoms with E-state index in [-0.39, 0.29) is 24.8 Å². The second-order valence-electron chi connectivity index (χ2n) is 6.46. The van der Waals surface area contributed by atoms with Crippen LogP contribution >= 0.6 is 0 Å². The summed E-state index contributed by atoms with van der Waals surface area (Å²) in [6.45, 7) is 2.60. The van der Waals surface area contributed by atoms with Crippen LogP contribution in [0.25, 0.3) is 0 Å². The number of esters is 1. The molecule has 0 radical (unpaired) electrons. The van der Waals surface area contributed by atoms with E-state index in [4.69, 9.17) is 14.3 Å². The van der Waals surface area contributed by atoms with Crippen molar-refractivity contribution < 1.29 is 33.1 Å². The van der Waals surface area contributed by atoms with Crippen LogP contribution in [0.5, 0.6) is 0 Å².